The Morgan fingerprint density at radius 1 is 0.254 bits per heavy atom. The molecule has 0 amide bonds. The van der Waals surface area contributed by atoms with Crippen molar-refractivity contribution in [1.29, 1.82) is 0 Å². The Hall–Kier alpha value is -7.74. The summed E-state index contributed by atoms with van der Waals surface area (Å²) in [7, 11) is 0. The number of fused-ring (bicyclic) bond motifs is 1. The highest BCUT2D eigenvalue weighted by Gasteiger charge is 2.26. The van der Waals surface area contributed by atoms with E-state index in [1.54, 1.807) is 0 Å². The van der Waals surface area contributed by atoms with Crippen LogP contribution in [0.25, 0.3) is 77.5 Å². The smallest absolute Gasteiger partial charge is 0.0543 e. The Labute approximate surface area is 423 Å². The highest BCUT2D eigenvalue weighted by atomic mass is 15.1. The molecule has 0 spiro atoms. The first kappa shape index (κ1) is 47.0. The van der Waals surface area contributed by atoms with Gasteiger partial charge in [-0.3, -0.25) is 0 Å². The van der Waals surface area contributed by atoms with Gasteiger partial charge in [0.15, 0.2) is 0 Å². The SMILES string of the molecule is CC(C)(C)c1cc(-c2cccc3cccc(-c4ccccc4N(c4ccc(-c5ccc(-c6ccccc6)c(-c6ccccc6)c5)cc4)c4cc(C(C)(C)C)ccc4-c4ccccc4)c23)cc(C(C)(C)C)c1. The molecule has 0 unspecified atom stereocenters. The molecule has 350 valence electrons. The molecule has 0 bridgehead atoms. The number of benzene rings is 10. The van der Waals surface area contributed by atoms with Crippen molar-refractivity contribution in [3.63, 3.8) is 0 Å². The molecule has 0 radical (unpaired) electrons. The van der Waals surface area contributed by atoms with Crippen LogP contribution in [0, 0.1) is 0 Å². The fraction of sp³-hybridized carbons (Fsp3) is 0.171. The Bertz CT molecular complexity index is 3450. The Balaban J connectivity index is 1.20. The van der Waals surface area contributed by atoms with E-state index in [1.807, 2.05) is 0 Å². The second-order valence-electron chi connectivity index (χ2n) is 22.2. The third kappa shape index (κ3) is 9.63. The summed E-state index contributed by atoms with van der Waals surface area (Å²) < 4.78 is 0. The van der Waals surface area contributed by atoms with Crippen LogP contribution in [-0.4, -0.2) is 0 Å². The van der Waals surface area contributed by atoms with Crippen molar-refractivity contribution in [3.05, 3.63) is 247 Å². The van der Waals surface area contributed by atoms with Gasteiger partial charge in [-0.15, -0.1) is 0 Å². The molecular formula is C70H65N. The van der Waals surface area contributed by atoms with Crippen LogP contribution in [0.2, 0.25) is 0 Å². The summed E-state index contributed by atoms with van der Waals surface area (Å²) >= 11 is 0. The maximum atomic E-state index is 2.52. The van der Waals surface area contributed by atoms with Crippen LogP contribution in [0.3, 0.4) is 0 Å². The summed E-state index contributed by atoms with van der Waals surface area (Å²) in [6.45, 7) is 20.9. The lowest BCUT2D eigenvalue weighted by molar-refractivity contribution is 0.569. The second-order valence-corrected chi connectivity index (χ2v) is 22.2. The molecule has 0 saturated heterocycles. The normalized spacial score (nSPS) is 12.0. The van der Waals surface area contributed by atoms with Crippen molar-refractivity contribution in [1.82, 2.24) is 0 Å². The lowest BCUT2D eigenvalue weighted by atomic mass is 9.78. The predicted octanol–water partition coefficient (Wildman–Crippen LogP) is 20.2. The number of hydrogen-bond donors (Lipinski definition) is 0. The minimum atomic E-state index is -0.0839. The zero-order valence-electron chi connectivity index (χ0n) is 42.9. The molecule has 71 heavy (non-hydrogen) atoms. The maximum absolute atomic E-state index is 2.52. The Morgan fingerprint density at radius 2 is 0.732 bits per heavy atom. The van der Waals surface area contributed by atoms with E-state index < -0.39 is 0 Å². The van der Waals surface area contributed by atoms with Crippen molar-refractivity contribution in [2.75, 3.05) is 4.90 Å². The van der Waals surface area contributed by atoms with Gasteiger partial charge in [0.1, 0.15) is 0 Å². The van der Waals surface area contributed by atoms with E-state index in [9.17, 15) is 0 Å². The molecule has 0 aliphatic carbocycles. The maximum Gasteiger partial charge on any atom is 0.0543 e. The summed E-state index contributed by atoms with van der Waals surface area (Å²) in [4.78, 5) is 2.52. The molecule has 0 aromatic heterocycles. The van der Waals surface area contributed by atoms with E-state index in [1.165, 1.54) is 88.7 Å². The first-order chi connectivity index (χ1) is 34.1. The highest BCUT2D eigenvalue weighted by molar-refractivity contribution is 6.09. The molecule has 1 nitrogen and oxygen atoms in total. The van der Waals surface area contributed by atoms with Crippen molar-refractivity contribution in [2.24, 2.45) is 0 Å². The zero-order valence-corrected chi connectivity index (χ0v) is 42.9. The number of rotatable bonds is 9. The quantitative estimate of drug-likeness (QED) is 0.139. The number of nitrogens with zero attached hydrogens (tertiary/aromatic N) is 1. The van der Waals surface area contributed by atoms with Crippen molar-refractivity contribution in [3.8, 4) is 66.8 Å². The molecule has 0 fully saturated rings. The fourth-order valence-corrected chi connectivity index (χ4v) is 10.1. The molecule has 0 saturated carbocycles. The molecular weight excluding hydrogens is 855 g/mol. The fourth-order valence-electron chi connectivity index (χ4n) is 10.1. The summed E-state index contributed by atoms with van der Waals surface area (Å²) in [5.74, 6) is 0. The van der Waals surface area contributed by atoms with Gasteiger partial charge >= 0.3 is 0 Å². The van der Waals surface area contributed by atoms with E-state index in [4.69, 9.17) is 0 Å². The second kappa shape index (κ2) is 18.9. The van der Waals surface area contributed by atoms with Crippen LogP contribution in [-0.2, 0) is 16.2 Å². The summed E-state index contributed by atoms with van der Waals surface area (Å²) in [5.41, 5.74) is 21.6. The summed E-state index contributed by atoms with van der Waals surface area (Å²) in [6.07, 6.45) is 0. The van der Waals surface area contributed by atoms with E-state index in [0.717, 1.165) is 22.6 Å². The van der Waals surface area contributed by atoms with E-state index in [2.05, 4.69) is 298 Å². The Morgan fingerprint density at radius 3 is 1.31 bits per heavy atom. The van der Waals surface area contributed by atoms with Gasteiger partial charge in [-0.05, 0) is 130 Å². The monoisotopic (exact) mass is 920 g/mol. The number of para-hydroxylation sites is 1. The van der Waals surface area contributed by atoms with Crippen molar-refractivity contribution < 1.29 is 0 Å². The average molecular weight is 920 g/mol. The minimum Gasteiger partial charge on any atom is -0.309 e. The van der Waals surface area contributed by atoms with Gasteiger partial charge in [-0.2, -0.15) is 0 Å². The van der Waals surface area contributed by atoms with E-state index >= 15 is 0 Å². The molecule has 0 heterocycles. The van der Waals surface area contributed by atoms with Crippen LogP contribution >= 0.6 is 0 Å². The molecule has 10 aromatic carbocycles. The minimum absolute atomic E-state index is 0.0140. The van der Waals surface area contributed by atoms with Gasteiger partial charge in [0.25, 0.3) is 0 Å². The topological polar surface area (TPSA) is 3.24 Å². The molecule has 0 aliphatic rings. The largest absolute Gasteiger partial charge is 0.309 e. The van der Waals surface area contributed by atoms with Gasteiger partial charge < -0.3 is 4.90 Å². The zero-order chi connectivity index (χ0) is 49.5. The lowest BCUT2D eigenvalue weighted by Gasteiger charge is -2.32. The average Bonchev–Trinajstić information content (AvgIpc) is 3.38. The lowest BCUT2D eigenvalue weighted by Crippen LogP contribution is -2.16. The summed E-state index contributed by atoms with van der Waals surface area (Å²) in [5, 5.41) is 2.47. The molecule has 1 heteroatoms. The van der Waals surface area contributed by atoms with Gasteiger partial charge in [0, 0.05) is 16.8 Å². The number of anilines is 3. The third-order valence-corrected chi connectivity index (χ3v) is 14.2. The summed E-state index contributed by atoms with van der Waals surface area (Å²) in [6, 6.07) is 85.6. The Kier molecular flexibility index (Phi) is 12.5. The number of hydrogen-bond acceptors (Lipinski definition) is 1. The van der Waals surface area contributed by atoms with Crippen LogP contribution < -0.4 is 4.90 Å². The highest BCUT2D eigenvalue weighted by Crippen LogP contribution is 2.49. The van der Waals surface area contributed by atoms with Crippen LogP contribution in [0.5, 0.6) is 0 Å². The predicted molar refractivity (Wildman–Crippen MR) is 307 cm³/mol. The van der Waals surface area contributed by atoms with E-state index in [0.29, 0.717) is 0 Å². The van der Waals surface area contributed by atoms with Gasteiger partial charge in [0.2, 0.25) is 0 Å². The van der Waals surface area contributed by atoms with Crippen LogP contribution in [0.15, 0.2) is 231 Å². The molecule has 10 aromatic rings. The molecule has 10 rings (SSSR count). The third-order valence-electron chi connectivity index (χ3n) is 14.2. The standard InChI is InChI=1S/C70H65N/c1-68(2,3)55-38-42-60(50-25-15-11-16-26-50)66(47-55)71(58-39-35-48(36-40-58)53-37-41-59(49-23-13-10-14-24-49)64(45-53)51-27-17-12-18-28-51)65-34-20-19-31-62(65)63-33-22-30-52-29-21-32-61(67(52)63)54-43-56(69(4,5)6)46-57(44-54)70(7,8)9/h10-47H,1-9H3. The van der Waals surface area contributed by atoms with E-state index in [-0.39, 0.29) is 16.2 Å². The molecule has 0 N–H and O–H groups in total. The van der Waals surface area contributed by atoms with Crippen molar-refractivity contribution in [2.45, 2.75) is 78.6 Å². The molecule has 0 atom stereocenters. The van der Waals surface area contributed by atoms with Gasteiger partial charge in [-0.25, -0.2) is 0 Å². The van der Waals surface area contributed by atoms with Crippen LogP contribution in [0.4, 0.5) is 17.1 Å². The van der Waals surface area contributed by atoms with Crippen molar-refractivity contribution >= 4 is 27.8 Å². The van der Waals surface area contributed by atoms with Gasteiger partial charge in [0.05, 0.1) is 11.4 Å². The first-order valence-electron chi connectivity index (χ1n) is 25.2. The van der Waals surface area contributed by atoms with Gasteiger partial charge in [-0.1, -0.05) is 263 Å². The molecule has 0 aliphatic heterocycles. The van der Waals surface area contributed by atoms with Crippen LogP contribution in [0.1, 0.15) is 79.0 Å². The first-order valence-corrected chi connectivity index (χ1v) is 25.2.